The van der Waals surface area contributed by atoms with Gasteiger partial charge in [-0.1, -0.05) is 12.1 Å². The molecule has 98 valence electrons. The van der Waals surface area contributed by atoms with Gasteiger partial charge >= 0.3 is 0 Å². The third-order valence-electron chi connectivity index (χ3n) is 3.18. The molecular formula is C14H14FN3O. The SMILES string of the molecule is CN(Cc1ccc2c(c1)CCO2)c1ncncc1F. The Labute approximate surface area is 110 Å². The molecule has 0 aliphatic carbocycles. The molecule has 4 nitrogen and oxygen atoms in total. The van der Waals surface area contributed by atoms with E-state index < -0.39 is 5.82 Å². The van der Waals surface area contributed by atoms with E-state index in [4.69, 9.17) is 4.74 Å². The van der Waals surface area contributed by atoms with Crippen molar-refractivity contribution in [2.45, 2.75) is 13.0 Å². The number of anilines is 1. The van der Waals surface area contributed by atoms with Crippen LogP contribution in [0.15, 0.2) is 30.7 Å². The second-order valence-corrected chi connectivity index (χ2v) is 4.59. The van der Waals surface area contributed by atoms with Crippen molar-refractivity contribution in [3.05, 3.63) is 47.7 Å². The Morgan fingerprint density at radius 2 is 2.32 bits per heavy atom. The normalized spacial score (nSPS) is 12.9. The fourth-order valence-corrected chi connectivity index (χ4v) is 2.27. The molecule has 2 aromatic rings. The first-order valence-electron chi connectivity index (χ1n) is 6.15. The molecule has 1 aromatic carbocycles. The van der Waals surface area contributed by atoms with Crippen molar-refractivity contribution in [1.82, 2.24) is 9.97 Å². The summed E-state index contributed by atoms with van der Waals surface area (Å²) in [6.07, 6.45) is 3.47. The highest BCUT2D eigenvalue weighted by atomic mass is 19.1. The number of hydrogen-bond donors (Lipinski definition) is 0. The maximum atomic E-state index is 13.6. The Hall–Kier alpha value is -2.17. The van der Waals surface area contributed by atoms with E-state index >= 15 is 0 Å². The Kier molecular flexibility index (Phi) is 3.03. The quantitative estimate of drug-likeness (QED) is 0.847. The molecule has 0 spiro atoms. The Bertz CT molecular complexity index is 603. The van der Waals surface area contributed by atoms with Gasteiger partial charge in [-0.25, -0.2) is 14.4 Å². The molecule has 0 saturated carbocycles. The molecule has 0 radical (unpaired) electrons. The number of nitrogens with zero attached hydrogens (tertiary/aromatic N) is 3. The van der Waals surface area contributed by atoms with Crippen molar-refractivity contribution in [2.24, 2.45) is 0 Å². The molecule has 0 bridgehead atoms. The summed E-state index contributed by atoms with van der Waals surface area (Å²) in [6.45, 7) is 1.34. The molecule has 0 fully saturated rings. The average molecular weight is 259 g/mol. The van der Waals surface area contributed by atoms with Gasteiger partial charge in [-0.3, -0.25) is 0 Å². The van der Waals surface area contributed by atoms with Crippen molar-refractivity contribution in [1.29, 1.82) is 0 Å². The van der Waals surface area contributed by atoms with Crippen LogP contribution in [0.1, 0.15) is 11.1 Å². The van der Waals surface area contributed by atoms with Crippen LogP contribution in [0.25, 0.3) is 0 Å². The molecule has 0 atom stereocenters. The highest BCUT2D eigenvalue weighted by molar-refractivity contribution is 5.43. The Morgan fingerprint density at radius 1 is 1.42 bits per heavy atom. The van der Waals surface area contributed by atoms with Crippen LogP contribution >= 0.6 is 0 Å². The number of aromatic nitrogens is 2. The van der Waals surface area contributed by atoms with Crippen LogP contribution in [-0.4, -0.2) is 23.6 Å². The number of hydrogen-bond acceptors (Lipinski definition) is 4. The van der Waals surface area contributed by atoms with E-state index in [2.05, 4.69) is 16.0 Å². The Morgan fingerprint density at radius 3 is 3.16 bits per heavy atom. The topological polar surface area (TPSA) is 38.2 Å². The van der Waals surface area contributed by atoms with Crippen LogP contribution in [0.5, 0.6) is 5.75 Å². The summed E-state index contributed by atoms with van der Waals surface area (Å²) in [7, 11) is 1.81. The predicted octanol–water partition coefficient (Wildman–Crippen LogP) is 2.19. The summed E-state index contributed by atoms with van der Waals surface area (Å²) in [5, 5.41) is 0. The first-order chi connectivity index (χ1) is 9.24. The largest absolute Gasteiger partial charge is 0.493 e. The molecule has 2 heterocycles. The summed E-state index contributed by atoms with van der Waals surface area (Å²) < 4.78 is 19.0. The third kappa shape index (κ3) is 2.36. The number of halogens is 1. The molecule has 1 aliphatic rings. The smallest absolute Gasteiger partial charge is 0.183 e. The Balaban J connectivity index is 1.80. The predicted molar refractivity (Wildman–Crippen MR) is 69.7 cm³/mol. The van der Waals surface area contributed by atoms with E-state index in [0.29, 0.717) is 12.4 Å². The first-order valence-corrected chi connectivity index (χ1v) is 6.15. The molecule has 0 amide bonds. The van der Waals surface area contributed by atoms with Gasteiger partial charge in [-0.2, -0.15) is 0 Å². The van der Waals surface area contributed by atoms with E-state index in [1.54, 1.807) is 4.90 Å². The second-order valence-electron chi connectivity index (χ2n) is 4.59. The molecule has 1 aliphatic heterocycles. The van der Waals surface area contributed by atoms with E-state index in [0.717, 1.165) is 24.3 Å². The minimum absolute atomic E-state index is 0.312. The molecular weight excluding hydrogens is 245 g/mol. The van der Waals surface area contributed by atoms with Crippen molar-refractivity contribution < 1.29 is 9.13 Å². The zero-order chi connectivity index (χ0) is 13.2. The number of benzene rings is 1. The molecule has 19 heavy (non-hydrogen) atoms. The van der Waals surface area contributed by atoms with Gasteiger partial charge in [0.05, 0.1) is 12.8 Å². The molecule has 0 saturated heterocycles. The highest BCUT2D eigenvalue weighted by Crippen LogP contribution is 2.26. The van der Waals surface area contributed by atoms with E-state index in [-0.39, 0.29) is 0 Å². The van der Waals surface area contributed by atoms with Gasteiger partial charge in [0.25, 0.3) is 0 Å². The van der Waals surface area contributed by atoms with E-state index in [1.165, 1.54) is 18.1 Å². The lowest BCUT2D eigenvalue weighted by Crippen LogP contribution is -2.19. The van der Waals surface area contributed by atoms with Gasteiger partial charge < -0.3 is 9.64 Å². The van der Waals surface area contributed by atoms with Gasteiger partial charge in [0, 0.05) is 20.0 Å². The van der Waals surface area contributed by atoms with Gasteiger partial charge in [0.1, 0.15) is 12.1 Å². The van der Waals surface area contributed by atoms with Gasteiger partial charge in [0.15, 0.2) is 11.6 Å². The highest BCUT2D eigenvalue weighted by Gasteiger charge is 2.14. The van der Waals surface area contributed by atoms with Crippen LogP contribution in [0, 0.1) is 5.82 Å². The number of rotatable bonds is 3. The monoisotopic (exact) mass is 259 g/mol. The zero-order valence-corrected chi connectivity index (χ0v) is 10.6. The summed E-state index contributed by atoms with van der Waals surface area (Å²) in [4.78, 5) is 9.39. The zero-order valence-electron chi connectivity index (χ0n) is 10.6. The standard InChI is InChI=1S/C14H14FN3O/c1-18(14-12(15)7-16-9-17-14)8-10-2-3-13-11(6-10)4-5-19-13/h2-3,6-7,9H,4-5,8H2,1H3. The minimum atomic E-state index is -0.408. The summed E-state index contributed by atoms with van der Waals surface area (Å²) in [5.41, 5.74) is 2.33. The van der Waals surface area contributed by atoms with Gasteiger partial charge in [0.2, 0.25) is 0 Å². The first kappa shape index (κ1) is 11.9. The van der Waals surface area contributed by atoms with Crippen LogP contribution in [0.3, 0.4) is 0 Å². The molecule has 5 heteroatoms. The molecule has 0 N–H and O–H groups in total. The van der Waals surface area contributed by atoms with Crippen molar-refractivity contribution >= 4 is 5.82 Å². The molecule has 1 aromatic heterocycles. The van der Waals surface area contributed by atoms with Crippen molar-refractivity contribution in [3.63, 3.8) is 0 Å². The van der Waals surface area contributed by atoms with E-state index in [9.17, 15) is 4.39 Å². The molecule has 3 rings (SSSR count). The summed E-state index contributed by atoms with van der Waals surface area (Å²) in [6, 6.07) is 6.08. The van der Waals surface area contributed by atoms with Crippen LogP contribution < -0.4 is 9.64 Å². The minimum Gasteiger partial charge on any atom is -0.493 e. The lowest BCUT2D eigenvalue weighted by molar-refractivity contribution is 0.357. The fourth-order valence-electron chi connectivity index (χ4n) is 2.27. The van der Waals surface area contributed by atoms with Crippen molar-refractivity contribution in [2.75, 3.05) is 18.6 Å². The maximum Gasteiger partial charge on any atom is 0.183 e. The van der Waals surface area contributed by atoms with Gasteiger partial charge in [-0.15, -0.1) is 0 Å². The summed E-state index contributed by atoms with van der Waals surface area (Å²) in [5.74, 6) is 0.862. The average Bonchev–Trinajstić information content (AvgIpc) is 2.86. The van der Waals surface area contributed by atoms with Crippen LogP contribution in [0.2, 0.25) is 0 Å². The number of ether oxygens (including phenoxy) is 1. The lowest BCUT2D eigenvalue weighted by atomic mass is 10.1. The van der Waals surface area contributed by atoms with Crippen LogP contribution in [-0.2, 0) is 13.0 Å². The van der Waals surface area contributed by atoms with Crippen molar-refractivity contribution in [3.8, 4) is 5.75 Å². The summed E-state index contributed by atoms with van der Waals surface area (Å²) >= 11 is 0. The third-order valence-corrected chi connectivity index (χ3v) is 3.18. The molecule has 0 unspecified atom stereocenters. The fraction of sp³-hybridized carbons (Fsp3) is 0.286. The van der Waals surface area contributed by atoms with Crippen LogP contribution in [0.4, 0.5) is 10.2 Å². The number of fused-ring (bicyclic) bond motifs is 1. The lowest BCUT2D eigenvalue weighted by Gasteiger charge is -2.18. The van der Waals surface area contributed by atoms with Gasteiger partial charge in [-0.05, 0) is 17.2 Å². The van der Waals surface area contributed by atoms with E-state index in [1.807, 2.05) is 19.2 Å². The second kappa shape index (κ2) is 4.84. The maximum absolute atomic E-state index is 13.6.